The van der Waals surface area contributed by atoms with Crippen LogP contribution in [0.2, 0.25) is 0 Å². The molecule has 0 heterocycles. The fraction of sp³-hybridized carbons (Fsp3) is 0.417. The van der Waals surface area contributed by atoms with E-state index < -0.39 is 5.54 Å². The Labute approximate surface area is 104 Å². The molecule has 0 amide bonds. The molecule has 0 fully saturated rings. The van der Waals surface area contributed by atoms with E-state index in [0.717, 1.165) is 10.0 Å². The molecule has 0 saturated heterocycles. The molecular formula is C12H16BrNO2. The zero-order valence-electron chi connectivity index (χ0n) is 9.50. The molecule has 1 atom stereocenters. The van der Waals surface area contributed by atoms with Crippen molar-refractivity contribution in [2.45, 2.75) is 32.4 Å². The summed E-state index contributed by atoms with van der Waals surface area (Å²) >= 11 is 3.34. The van der Waals surface area contributed by atoms with Crippen LogP contribution in [0.25, 0.3) is 0 Å². The standard InChI is InChI=1S/C12H16BrNO2/c1-3-12(2,14)11(15)16-8-9-4-6-10(13)7-5-9/h4-7H,3,8,14H2,1-2H3. The van der Waals surface area contributed by atoms with Gasteiger partial charge in [0.15, 0.2) is 0 Å². The van der Waals surface area contributed by atoms with Crippen LogP contribution in [0, 0.1) is 0 Å². The van der Waals surface area contributed by atoms with Gasteiger partial charge >= 0.3 is 5.97 Å². The molecule has 0 spiro atoms. The number of ether oxygens (including phenoxy) is 1. The van der Waals surface area contributed by atoms with Crippen LogP contribution >= 0.6 is 15.9 Å². The van der Waals surface area contributed by atoms with E-state index in [0.29, 0.717) is 6.42 Å². The van der Waals surface area contributed by atoms with Gasteiger partial charge in [-0.3, -0.25) is 4.79 Å². The molecule has 16 heavy (non-hydrogen) atoms. The summed E-state index contributed by atoms with van der Waals surface area (Å²) in [5, 5.41) is 0. The quantitative estimate of drug-likeness (QED) is 0.866. The first-order valence-electron chi connectivity index (χ1n) is 5.16. The molecule has 0 aliphatic carbocycles. The van der Waals surface area contributed by atoms with E-state index in [2.05, 4.69) is 15.9 Å². The third-order valence-electron chi connectivity index (χ3n) is 2.48. The third kappa shape index (κ3) is 3.61. The number of hydrogen-bond acceptors (Lipinski definition) is 3. The Balaban J connectivity index is 2.52. The lowest BCUT2D eigenvalue weighted by atomic mass is 10.0. The first-order chi connectivity index (χ1) is 7.45. The van der Waals surface area contributed by atoms with Crippen LogP contribution in [-0.2, 0) is 16.1 Å². The number of nitrogens with two attached hydrogens (primary N) is 1. The van der Waals surface area contributed by atoms with Gasteiger partial charge in [0.05, 0.1) is 0 Å². The van der Waals surface area contributed by atoms with Crippen molar-refractivity contribution in [2.75, 3.05) is 0 Å². The second-order valence-corrected chi connectivity index (χ2v) is 4.89. The molecular weight excluding hydrogens is 270 g/mol. The number of carbonyl (C=O) groups excluding carboxylic acids is 1. The summed E-state index contributed by atoms with van der Waals surface area (Å²) in [6.45, 7) is 3.80. The topological polar surface area (TPSA) is 52.3 Å². The molecule has 0 aliphatic rings. The molecule has 88 valence electrons. The van der Waals surface area contributed by atoms with Crippen LogP contribution in [0.1, 0.15) is 25.8 Å². The number of benzene rings is 1. The van der Waals surface area contributed by atoms with E-state index in [-0.39, 0.29) is 12.6 Å². The fourth-order valence-corrected chi connectivity index (χ4v) is 1.30. The minimum absolute atomic E-state index is 0.263. The van der Waals surface area contributed by atoms with Gasteiger partial charge in [-0.25, -0.2) is 0 Å². The highest BCUT2D eigenvalue weighted by molar-refractivity contribution is 9.10. The van der Waals surface area contributed by atoms with Crippen LogP contribution in [-0.4, -0.2) is 11.5 Å². The van der Waals surface area contributed by atoms with Crippen molar-refractivity contribution < 1.29 is 9.53 Å². The van der Waals surface area contributed by atoms with Crippen LogP contribution in [0.5, 0.6) is 0 Å². The second-order valence-electron chi connectivity index (χ2n) is 3.97. The summed E-state index contributed by atoms with van der Waals surface area (Å²) in [6, 6.07) is 7.61. The Morgan fingerprint density at radius 1 is 1.44 bits per heavy atom. The molecule has 1 aromatic rings. The first kappa shape index (κ1) is 13.2. The highest BCUT2D eigenvalue weighted by atomic mass is 79.9. The Morgan fingerprint density at radius 3 is 2.50 bits per heavy atom. The summed E-state index contributed by atoms with van der Waals surface area (Å²) in [7, 11) is 0. The monoisotopic (exact) mass is 285 g/mol. The number of hydrogen-bond donors (Lipinski definition) is 1. The number of esters is 1. The maximum Gasteiger partial charge on any atom is 0.326 e. The molecule has 1 rings (SSSR count). The van der Waals surface area contributed by atoms with Gasteiger partial charge in [0.25, 0.3) is 0 Å². The molecule has 1 unspecified atom stereocenters. The molecule has 4 heteroatoms. The van der Waals surface area contributed by atoms with Crippen LogP contribution in [0.4, 0.5) is 0 Å². The molecule has 0 saturated carbocycles. The molecule has 2 N–H and O–H groups in total. The van der Waals surface area contributed by atoms with E-state index >= 15 is 0 Å². The SMILES string of the molecule is CCC(C)(N)C(=O)OCc1ccc(Br)cc1. The highest BCUT2D eigenvalue weighted by Gasteiger charge is 2.27. The lowest BCUT2D eigenvalue weighted by Gasteiger charge is -2.20. The van der Waals surface area contributed by atoms with E-state index in [1.165, 1.54) is 0 Å². The third-order valence-corrected chi connectivity index (χ3v) is 3.01. The molecule has 0 radical (unpaired) electrons. The molecule has 1 aromatic carbocycles. The van der Waals surface area contributed by atoms with E-state index in [9.17, 15) is 4.79 Å². The predicted octanol–water partition coefficient (Wildman–Crippen LogP) is 2.62. The minimum atomic E-state index is -0.893. The average molecular weight is 286 g/mol. The van der Waals surface area contributed by atoms with Gasteiger partial charge in [0.2, 0.25) is 0 Å². The first-order valence-corrected chi connectivity index (χ1v) is 5.95. The maximum absolute atomic E-state index is 11.6. The van der Waals surface area contributed by atoms with Gasteiger partial charge in [0.1, 0.15) is 12.1 Å². The Morgan fingerprint density at radius 2 is 2.00 bits per heavy atom. The van der Waals surface area contributed by atoms with Crippen molar-refractivity contribution in [3.8, 4) is 0 Å². The van der Waals surface area contributed by atoms with Gasteiger partial charge < -0.3 is 10.5 Å². The van der Waals surface area contributed by atoms with Crippen LogP contribution in [0.3, 0.4) is 0 Å². The van der Waals surface area contributed by atoms with Crippen molar-refractivity contribution in [3.63, 3.8) is 0 Å². The van der Waals surface area contributed by atoms with E-state index in [1.54, 1.807) is 6.92 Å². The zero-order valence-corrected chi connectivity index (χ0v) is 11.1. The van der Waals surface area contributed by atoms with E-state index in [1.807, 2.05) is 31.2 Å². The van der Waals surface area contributed by atoms with Crippen molar-refractivity contribution in [1.82, 2.24) is 0 Å². The minimum Gasteiger partial charge on any atom is -0.459 e. The maximum atomic E-state index is 11.6. The van der Waals surface area contributed by atoms with Crippen LogP contribution in [0.15, 0.2) is 28.7 Å². The summed E-state index contributed by atoms with van der Waals surface area (Å²) < 4.78 is 6.14. The number of carbonyl (C=O) groups is 1. The lowest BCUT2D eigenvalue weighted by Crippen LogP contribution is -2.45. The predicted molar refractivity (Wildman–Crippen MR) is 66.8 cm³/mol. The molecule has 3 nitrogen and oxygen atoms in total. The number of halogens is 1. The van der Waals surface area contributed by atoms with Crippen LogP contribution < -0.4 is 5.73 Å². The lowest BCUT2D eigenvalue weighted by molar-refractivity contribution is -0.151. The molecule has 0 bridgehead atoms. The van der Waals surface area contributed by atoms with Crippen molar-refractivity contribution in [1.29, 1.82) is 0 Å². The summed E-state index contributed by atoms with van der Waals surface area (Å²) in [4.78, 5) is 11.6. The van der Waals surface area contributed by atoms with Gasteiger partial charge in [0, 0.05) is 4.47 Å². The smallest absolute Gasteiger partial charge is 0.326 e. The molecule has 0 aliphatic heterocycles. The fourth-order valence-electron chi connectivity index (χ4n) is 1.04. The Hall–Kier alpha value is -0.870. The Kier molecular flexibility index (Phi) is 4.50. The summed E-state index contributed by atoms with van der Waals surface area (Å²) in [5.74, 6) is -0.363. The van der Waals surface area contributed by atoms with Gasteiger partial charge in [-0.05, 0) is 31.0 Å². The molecule has 0 aromatic heterocycles. The average Bonchev–Trinajstić information content (AvgIpc) is 2.28. The van der Waals surface area contributed by atoms with Crippen molar-refractivity contribution in [2.24, 2.45) is 5.73 Å². The Bertz CT molecular complexity index is 360. The van der Waals surface area contributed by atoms with Gasteiger partial charge in [-0.2, -0.15) is 0 Å². The number of rotatable bonds is 4. The van der Waals surface area contributed by atoms with Crippen molar-refractivity contribution in [3.05, 3.63) is 34.3 Å². The van der Waals surface area contributed by atoms with E-state index in [4.69, 9.17) is 10.5 Å². The summed E-state index contributed by atoms with van der Waals surface area (Å²) in [6.07, 6.45) is 0.562. The largest absolute Gasteiger partial charge is 0.459 e. The second kappa shape index (κ2) is 5.46. The van der Waals surface area contributed by atoms with Gasteiger partial charge in [-0.1, -0.05) is 35.0 Å². The zero-order chi connectivity index (χ0) is 12.2. The van der Waals surface area contributed by atoms with Crippen molar-refractivity contribution >= 4 is 21.9 Å². The summed E-state index contributed by atoms with van der Waals surface area (Å²) in [5.41, 5.74) is 5.82. The van der Waals surface area contributed by atoms with Gasteiger partial charge in [-0.15, -0.1) is 0 Å². The highest BCUT2D eigenvalue weighted by Crippen LogP contribution is 2.13. The normalized spacial score (nSPS) is 14.2.